The van der Waals surface area contributed by atoms with Gasteiger partial charge in [0.2, 0.25) is 5.91 Å². The van der Waals surface area contributed by atoms with Gasteiger partial charge in [0.1, 0.15) is 29.5 Å². The Kier molecular flexibility index (Phi) is 15.2. The van der Waals surface area contributed by atoms with Crippen LogP contribution in [0.15, 0.2) is 35.0 Å². The molecule has 3 fully saturated rings. The number of aromatic nitrogens is 1. The number of rotatable bonds is 4. The van der Waals surface area contributed by atoms with Gasteiger partial charge in [-0.1, -0.05) is 39.5 Å². The standard InChI is InChI=1S/C42H62N4O10/c1-12-32-42(9,51)38-25(4)34(45-28(7)47)23(2)19-41(8,53-22-30(21-52-38)15-13-14-29-16-17-33(43)44-20-29)37(26(5)35(48)27(6)39(50)55-32)56-40-36(49)31(46(10)11)18-24(3)54-40/h15-17,20,23-27,31-32,36-38,40,49,51H,12,18-19,21-22H2,1-11H3,(H2,43,44)/b30-15+,45-34?/t23-,24-,25+,26+,27-,31+,32-,36-,37-,38?,40+,41-,42-/m1/s1. The molecule has 14 heteroatoms. The van der Waals surface area contributed by atoms with Crippen molar-refractivity contribution in [2.75, 3.05) is 33.0 Å². The predicted molar refractivity (Wildman–Crippen MR) is 210 cm³/mol. The molecule has 3 aliphatic rings. The van der Waals surface area contributed by atoms with Gasteiger partial charge >= 0.3 is 5.97 Å². The molecule has 0 aliphatic carbocycles. The number of amides is 1. The summed E-state index contributed by atoms with van der Waals surface area (Å²) in [5, 5.41) is 24.0. The molecule has 14 nitrogen and oxygen atoms in total. The number of allylic oxidation sites excluding steroid dienone is 1. The first-order valence-electron chi connectivity index (χ1n) is 19.6. The number of hydrogen-bond acceptors (Lipinski definition) is 13. The number of aliphatic hydroxyl groups excluding tert-OH is 1. The van der Waals surface area contributed by atoms with Crippen molar-refractivity contribution >= 4 is 29.2 Å². The number of pyridine rings is 1. The maximum atomic E-state index is 14.4. The number of likely N-dealkylation sites (N-methyl/N-ethyl adjacent to an activating group) is 1. The van der Waals surface area contributed by atoms with E-state index in [1.54, 1.807) is 38.3 Å². The Morgan fingerprint density at radius 3 is 2.45 bits per heavy atom. The number of hydrogen-bond donors (Lipinski definition) is 3. The van der Waals surface area contributed by atoms with E-state index >= 15 is 0 Å². The number of nitrogen functional groups attached to an aromatic ring is 1. The number of carbonyl (C=O) groups is 3. The number of Topliss-reactive ketones (excluding diaryl/α,β-unsaturated/α-hetero) is 1. The van der Waals surface area contributed by atoms with E-state index in [0.29, 0.717) is 29.1 Å². The zero-order valence-electron chi connectivity index (χ0n) is 34.8. The fraction of sp³-hybridized carbons (Fsp3) is 0.690. The van der Waals surface area contributed by atoms with Crippen LogP contribution in [0, 0.1) is 35.5 Å². The first kappa shape index (κ1) is 45.2. The molecule has 1 unspecified atom stereocenters. The number of fused-ring (bicyclic) bond motifs is 5. The lowest BCUT2D eigenvalue weighted by molar-refractivity contribution is -0.296. The topological polar surface area (TPSA) is 192 Å². The Morgan fingerprint density at radius 1 is 1.14 bits per heavy atom. The molecule has 3 aliphatic heterocycles. The summed E-state index contributed by atoms with van der Waals surface area (Å²) in [7, 11) is 3.74. The Labute approximate surface area is 331 Å². The van der Waals surface area contributed by atoms with Crippen LogP contribution in [-0.2, 0) is 38.1 Å². The molecule has 0 saturated carbocycles. The van der Waals surface area contributed by atoms with Gasteiger partial charge in [-0.25, -0.2) is 9.98 Å². The number of anilines is 1. The highest BCUT2D eigenvalue weighted by molar-refractivity contribution is 6.00. The van der Waals surface area contributed by atoms with Gasteiger partial charge in [-0.05, 0) is 90.8 Å². The number of carbonyl (C=O) groups excluding carboxylic acids is 3. The summed E-state index contributed by atoms with van der Waals surface area (Å²) < 4.78 is 32.5. The molecule has 0 spiro atoms. The van der Waals surface area contributed by atoms with Crippen molar-refractivity contribution in [3.8, 4) is 11.8 Å². The highest BCUT2D eigenvalue weighted by atomic mass is 16.7. The number of ketones is 1. The van der Waals surface area contributed by atoms with Crippen molar-refractivity contribution < 1.29 is 48.3 Å². The summed E-state index contributed by atoms with van der Waals surface area (Å²) in [5.41, 5.74) is 4.24. The van der Waals surface area contributed by atoms with Crippen molar-refractivity contribution in [2.45, 2.75) is 136 Å². The second-order valence-corrected chi connectivity index (χ2v) is 16.4. The van der Waals surface area contributed by atoms with Gasteiger partial charge in [-0.2, -0.15) is 0 Å². The van der Waals surface area contributed by atoms with E-state index in [1.807, 2.05) is 46.7 Å². The molecule has 4 heterocycles. The first-order valence-corrected chi connectivity index (χ1v) is 19.6. The summed E-state index contributed by atoms with van der Waals surface area (Å²) in [6, 6.07) is 3.09. The van der Waals surface area contributed by atoms with E-state index in [2.05, 4.69) is 21.8 Å². The van der Waals surface area contributed by atoms with Crippen molar-refractivity contribution in [1.29, 1.82) is 0 Å². The third kappa shape index (κ3) is 10.5. The molecule has 1 aromatic heterocycles. The van der Waals surface area contributed by atoms with Crippen LogP contribution in [0.1, 0.15) is 87.1 Å². The van der Waals surface area contributed by atoms with Gasteiger partial charge in [0.25, 0.3) is 0 Å². The van der Waals surface area contributed by atoms with Crippen LogP contribution in [0.25, 0.3) is 0 Å². The average Bonchev–Trinajstić information content (AvgIpc) is 3.14. The number of aliphatic hydroxyl groups is 2. The maximum absolute atomic E-state index is 14.4. The molecular formula is C42H62N4O10. The Balaban J connectivity index is 1.98. The van der Waals surface area contributed by atoms with E-state index in [-0.39, 0.29) is 38.2 Å². The summed E-state index contributed by atoms with van der Waals surface area (Å²) in [6.07, 6.45) is -1.67. The zero-order chi connectivity index (χ0) is 41.7. The SMILES string of the molecule is CC[C@H]1OC(=O)[C@H](C)C(=O)[C@H](C)[C@@H](O[C@@H]2O[C@H](C)C[C@H](N(C)C)[C@H]2O)[C@@]2(C)C[C@@H](C)C(=NC(C)=O)[C@H](C)C(OC/C(=C\C#Cc3ccc(N)nc3)CO2)[C@]1(C)O. The molecule has 1 aromatic rings. The highest BCUT2D eigenvalue weighted by Crippen LogP contribution is 2.40. The summed E-state index contributed by atoms with van der Waals surface area (Å²) in [4.78, 5) is 51.6. The van der Waals surface area contributed by atoms with E-state index < -0.39 is 83.2 Å². The number of ether oxygens (including phenoxy) is 5. The molecule has 13 atom stereocenters. The van der Waals surface area contributed by atoms with Crippen molar-refractivity contribution in [1.82, 2.24) is 9.88 Å². The lowest BCUT2D eigenvalue weighted by atomic mass is 9.73. The van der Waals surface area contributed by atoms with E-state index in [1.165, 1.54) is 20.8 Å². The minimum Gasteiger partial charge on any atom is -0.459 e. The van der Waals surface area contributed by atoms with Gasteiger partial charge in [0.05, 0.1) is 37.1 Å². The molecular weight excluding hydrogens is 720 g/mol. The van der Waals surface area contributed by atoms with Crippen molar-refractivity contribution in [3.05, 3.63) is 35.5 Å². The number of esters is 1. The third-order valence-electron chi connectivity index (χ3n) is 11.4. The molecule has 2 bridgehead atoms. The molecule has 4 rings (SSSR count). The largest absolute Gasteiger partial charge is 0.459 e. The predicted octanol–water partition coefficient (Wildman–Crippen LogP) is 3.50. The van der Waals surface area contributed by atoms with E-state index in [0.717, 1.165) is 0 Å². The van der Waals surface area contributed by atoms with Crippen LogP contribution < -0.4 is 5.73 Å². The Morgan fingerprint density at radius 2 is 1.84 bits per heavy atom. The van der Waals surface area contributed by atoms with Crippen LogP contribution in [0.5, 0.6) is 0 Å². The normalized spacial score (nSPS) is 39.2. The fourth-order valence-electron chi connectivity index (χ4n) is 8.36. The number of nitrogens with zero attached hydrogens (tertiary/aromatic N) is 3. The monoisotopic (exact) mass is 782 g/mol. The molecule has 1 amide bonds. The number of cyclic esters (lactones) is 1. The molecule has 3 saturated heterocycles. The maximum Gasteiger partial charge on any atom is 0.316 e. The second-order valence-electron chi connectivity index (χ2n) is 16.4. The minimum absolute atomic E-state index is 0.0475. The van der Waals surface area contributed by atoms with Gasteiger partial charge in [-0.15, -0.1) is 0 Å². The van der Waals surface area contributed by atoms with Gasteiger partial charge in [-0.3, -0.25) is 14.4 Å². The molecule has 4 N–H and O–H groups in total. The second kappa shape index (κ2) is 18.8. The Bertz CT molecular complexity index is 1680. The fourth-order valence-corrected chi connectivity index (χ4v) is 8.36. The smallest absolute Gasteiger partial charge is 0.316 e. The molecule has 310 valence electrons. The molecule has 0 aromatic carbocycles. The summed E-state index contributed by atoms with van der Waals surface area (Å²) in [5.74, 6) is 1.30. The third-order valence-corrected chi connectivity index (χ3v) is 11.4. The Hall–Kier alpha value is -3.55. The lowest BCUT2D eigenvalue weighted by Gasteiger charge is -2.47. The first-order chi connectivity index (χ1) is 26.2. The van der Waals surface area contributed by atoms with Crippen molar-refractivity contribution in [3.63, 3.8) is 0 Å². The van der Waals surface area contributed by atoms with Gasteiger partial charge in [0.15, 0.2) is 12.1 Å². The van der Waals surface area contributed by atoms with Crippen LogP contribution in [0.4, 0.5) is 5.82 Å². The van der Waals surface area contributed by atoms with Gasteiger partial charge < -0.3 is 44.5 Å². The molecule has 0 radical (unpaired) electrons. The summed E-state index contributed by atoms with van der Waals surface area (Å²) in [6.45, 7) is 15.1. The average molecular weight is 783 g/mol. The lowest BCUT2D eigenvalue weighted by Crippen LogP contribution is -2.60. The molecule has 56 heavy (non-hydrogen) atoms. The van der Waals surface area contributed by atoms with Crippen LogP contribution >= 0.6 is 0 Å². The van der Waals surface area contributed by atoms with Crippen LogP contribution in [0.3, 0.4) is 0 Å². The van der Waals surface area contributed by atoms with E-state index in [9.17, 15) is 24.6 Å². The number of nitrogens with two attached hydrogens (primary N) is 1. The zero-order valence-corrected chi connectivity index (χ0v) is 34.8. The highest BCUT2D eigenvalue weighted by Gasteiger charge is 2.53. The summed E-state index contributed by atoms with van der Waals surface area (Å²) >= 11 is 0. The van der Waals surface area contributed by atoms with Crippen LogP contribution in [0.2, 0.25) is 0 Å². The number of aliphatic imine (C=N–C) groups is 1. The van der Waals surface area contributed by atoms with Gasteiger partial charge in [0, 0.05) is 42.3 Å². The van der Waals surface area contributed by atoms with E-state index in [4.69, 9.17) is 29.4 Å². The van der Waals surface area contributed by atoms with Crippen LogP contribution in [-0.4, -0.2) is 125 Å². The minimum atomic E-state index is -1.82. The quantitative estimate of drug-likeness (QED) is 0.229. The van der Waals surface area contributed by atoms with Crippen molar-refractivity contribution in [2.24, 2.45) is 28.7 Å².